The second-order valence-electron chi connectivity index (χ2n) is 5.69. The van der Waals surface area contributed by atoms with E-state index in [-0.39, 0.29) is 11.3 Å². The third kappa shape index (κ3) is 1.75. The fourth-order valence-electron chi connectivity index (χ4n) is 4.11. The smallest absolute Gasteiger partial charge is 0.223 e. The summed E-state index contributed by atoms with van der Waals surface area (Å²) in [5, 5.41) is 3.46. The molecule has 16 heavy (non-hydrogen) atoms. The molecule has 0 aromatic rings. The van der Waals surface area contributed by atoms with Gasteiger partial charge in [-0.1, -0.05) is 19.8 Å². The molecule has 2 bridgehead atoms. The molecule has 0 aromatic heterocycles. The number of amides is 1. The highest BCUT2D eigenvalue weighted by Crippen LogP contribution is 2.51. The summed E-state index contributed by atoms with van der Waals surface area (Å²) in [7, 11) is 2.05. The highest BCUT2D eigenvalue weighted by molar-refractivity contribution is 5.81. The lowest BCUT2D eigenvalue weighted by atomic mass is 9.56. The van der Waals surface area contributed by atoms with Crippen LogP contribution in [0.4, 0.5) is 0 Å². The zero-order valence-electron chi connectivity index (χ0n) is 10.5. The minimum absolute atomic E-state index is 0.0507. The van der Waals surface area contributed by atoms with Crippen LogP contribution in [0.3, 0.4) is 0 Å². The minimum atomic E-state index is -0.170. The number of nitrogens with two attached hydrogens (primary N) is 1. The molecule has 2 aliphatic rings. The molecule has 3 nitrogen and oxygen atoms in total. The maximum Gasteiger partial charge on any atom is 0.223 e. The first kappa shape index (κ1) is 11.9. The Morgan fingerprint density at radius 3 is 2.81 bits per heavy atom. The van der Waals surface area contributed by atoms with Gasteiger partial charge in [-0.3, -0.25) is 4.79 Å². The summed E-state index contributed by atoms with van der Waals surface area (Å²) in [6, 6.07) is 0.595. The molecular weight excluding hydrogens is 200 g/mol. The van der Waals surface area contributed by atoms with Gasteiger partial charge >= 0.3 is 0 Å². The molecule has 0 aliphatic heterocycles. The summed E-state index contributed by atoms with van der Waals surface area (Å²) >= 11 is 0. The number of primary amides is 1. The lowest BCUT2D eigenvalue weighted by Gasteiger charge is -2.50. The van der Waals surface area contributed by atoms with E-state index in [1.165, 1.54) is 12.8 Å². The van der Waals surface area contributed by atoms with Crippen LogP contribution in [0, 0.1) is 17.3 Å². The number of hydrogen-bond acceptors (Lipinski definition) is 2. The number of nitrogens with one attached hydrogen (secondary N) is 1. The standard InChI is InChI=1S/C13H24N2O/c1-3-9-7-13(12(14)16)6-4-5-10(8-13)11(9)15-2/h9-11,15H,3-8H2,1-2H3,(H2,14,16). The van der Waals surface area contributed by atoms with E-state index in [2.05, 4.69) is 19.3 Å². The Morgan fingerprint density at radius 1 is 1.50 bits per heavy atom. The normalized spacial score (nSPS) is 43.0. The average molecular weight is 224 g/mol. The Hall–Kier alpha value is -0.570. The van der Waals surface area contributed by atoms with E-state index >= 15 is 0 Å². The molecule has 2 rings (SSSR count). The molecule has 0 saturated heterocycles. The van der Waals surface area contributed by atoms with Gasteiger partial charge in [0.1, 0.15) is 0 Å². The topological polar surface area (TPSA) is 55.1 Å². The van der Waals surface area contributed by atoms with E-state index < -0.39 is 0 Å². The number of carbonyl (C=O) groups excluding carboxylic acids is 1. The third-order valence-corrected chi connectivity index (χ3v) is 4.93. The second kappa shape index (κ2) is 4.36. The van der Waals surface area contributed by atoms with Gasteiger partial charge in [-0.15, -0.1) is 0 Å². The Balaban J connectivity index is 2.23. The molecule has 2 fully saturated rings. The number of fused-ring (bicyclic) bond motifs is 2. The maximum absolute atomic E-state index is 11.7. The van der Waals surface area contributed by atoms with Gasteiger partial charge < -0.3 is 11.1 Å². The van der Waals surface area contributed by atoms with Crippen molar-refractivity contribution >= 4 is 5.91 Å². The van der Waals surface area contributed by atoms with Gasteiger partial charge in [0, 0.05) is 11.5 Å². The molecule has 3 heteroatoms. The van der Waals surface area contributed by atoms with Crippen LogP contribution in [0.25, 0.3) is 0 Å². The van der Waals surface area contributed by atoms with Crippen molar-refractivity contribution in [1.82, 2.24) is 5.32 Å². The third-order valence-electron chi connectivity index (χ3n) is 4.93. The number of carbonyl (C=O) groups is 1. The maximum atomic E-state index is 11.7. The molecular formula is C13H24N2O. The first-order valence-corrected chi connectivity index (χ1v) is 6.60. The van der Waals surface area contributed by atoms with Crippen molar-refractivity contribution in [3.63, 3.8) is 0 Å². The molecule has 2 saturated carbocycles. The van der Waals surface area contributed by atoms with E-state index in [4.69, 9.17) is 5.73 Å². The van der Waals surface area contributed by atoms with Crippen molar-refractivity contribution in [2.45, 2.75) is 51.5 Å². The summed E-state index contributed by atoms with van der Waals surface area (Å²) in [4.78, 5) is 11.7. The Bertz CT molecular complexity index is 277. The Morgan fingerprint density at radius 2 is 2.25 bits per heavy atom. The van der Waals surface area contributed by atoms with Crippen molar-refractivity contribution in [1.29, 1.82) is 0 Å². The molecule has 0 spiro atoms. The lowest BCUT2D eigenvalue weighted by molar-refractivity contribution is -0.135. The molecule has 2 aliphatic carbocycles. The van der Waals surface area contributed by atoms with Gasteiger partial charge in [-0.05, 0) is 44.6 Å². The van der Waals surface area contributed by atoms with Crippen molar-refractivity contribution < 1.29 is 4.79 Å². The summed E-state index contributed by atoms with van der Waals surface area (Å²) in [6.07, 6.45) is 6.62. The monoisotopic (exact) mass is 224 g/mol. The van der Waals surface area contributed by atoms with Crippen LogP contribution in [0.5, 0.6) is 0 Å². The molecule has 3 N–H and O–H groups in total. The first-order valence-electron chi connectivity index (χ1n) is 6.60. The fourth-order valence-corrected chi connectivity index (χ4v) is 4.11. The van der Waals surface area contributed by atoms with Gasteiger partial charge in [0.25, 0.3) is 0 Å². The van der Waals surface area contributed by atoms with E-state index in [1.54, 1.807) is 0 Å². The Kier molecular flexibility index (Phi) is 3.24. The first-order chi connectivity index (χ1) is 7.63. The zero-order valence-corrected chi connectivity index (χ0v) is 10.5. The van der Waals surface area contributed by atoms with Gasteiger partial charge in [0.2, 0.25) is 5.91 Å². The summed E-state index contributed by atoms with van der Waals surface area (Å²) in [5.41, 5.74) is 5.48. The zero-order chi connectivity index (χ0) is 11.8. The summed E-state index contributed by atoms with van der Waals surface area (Å²) in [5.74, 6) is 1.23. The lowest BCUT2D eigenvalue weighted by Crippen LogP contribution is -2.55. The quantitative estimate of drug-likeness (QED) is 0.766. The Labute approximate surface area is 98.2 Å². The highest BCUT2D eigenvalue weighted by Gasteiger charge is 2.50. The molecule has 4 atom stereocenters. The van der Waals surface area contributed by atoms with Gasteiger partial charge in [-0.25, -0.2) is 0 Å². The molecule has 92 valence electrons. The van der Waals surface area contributed by atoms with Crippen LogP contribution in [-0.4, -0.2) is 19.0 Å². The van der Waals surface area contributed by atoms with E-state index in [1.807, 2.05) is 0 Å². The van der Waals surface area contributed by atoms with Crippen LogP contribution in [0.2, 0.25) is 0 Å². The van der Waals surface area contributed by atoms with Crippen LogP contribution in [-0.2, 0) is 4.79 Å². The molecule has 0 heterocycles. The highest BCUT2D eigenvalue weighted by atomic mass is 16.1. The minimum Gasteiger partial charge on any atom is -0.369 e. The van der Waals surface area contributed by atoms with Crippen LogP contribution in [0.15, 0.2) is 0 Å². The molecule has 0 aromatic carbocycles. The average Bonchev–Trinajstić information content (AvgIpc) is 2.28. The van der Waals surface area contributed by atoms with Crippen LogP contribution >= 0.6 is 0 Å². The SMILES string of the molecule is CCC1CC2(C(N)=O)CCCC(C2)C1NC. The van der Waals surface area contributed by atoms with Crippen LogP contribution in [0.1, 0.15) is 45.4 Å². The fraction of sp³-hybridized carbons (Fsp3) is 0.923. The molecule has 0 radical (unpaired) electrons. The van der Waals surface area contributed by atoms with Gasteiger partial charge in [0.15, 0.2) is 0 Å². The van der Waals surface area contributed by atoms with Crippen molar-refractivity contribution in [3.05, 3.63) is 0 Å². The molecule has 4 unspecified atom stereocenters. The van der Waals surface area contributed by atoms with Gasteiger partial charge in [0.05, 0.1) is 0 Å². The van der Waals surface area contributed by atoms with Crippen LogP contribution < -0.4 is 11.1 Å². The van der Waals surface area contributed by atoms with E-state index in [0.717, 1.165) is 25.7 Å². The van der Waals surface area contributed by atoms with Crippen molar-refractivity contribution in [3.8, 4) is 0 Å². The number of rotatable bonds is 3. The summed E-state index contributed by atoms with van der Waals surface area (Å²) in [6.45, 7) is 2.23. The number of hydrogen-bond donors (Lipinski definition) is 2. The predicted molar refractivity (Wildman–Crippen MR) is 64.8 cm³/mol. The largest absolute Gasteiger partial charge is 0.369 e. The van der Waals surface area contributed by atoms with Crippen molar-refractivity contribution in [2.75, 3.05) is 7.05 Å². The molecule has 1 amide bonds. The predicted octanol–water partition coefficient (Wildman–Crippen LogP) is 1.67. The van der Waals surface area contributed by atoms with E-state index in [0.29, 0.717) is 17.9 Å². The van der Waals surface area contributed by atoms with E-state index in [9.17, 15) is 4.79 Å². The van der Waals surface area contributed by atoms with Gasteiger partial charge in [-0.2, -0.15) is 0 Å². The van der Waals surface area contributed by atoms with Crippen molar-refractivity contribution in [2.24, 2.45) is 23.0 Å². The second-order valence-corrected chi connectivity index (χ2v) is 5.69. The summed E-state index contributed by atoms with van der Waals surface area (Å²) < 4.78 is 0.